The molecule has 0 unspecified atom stereocenters. The van der Waals surface area contributed by atoms with Crippen molar-refractivity contribution < 1.29 is 0 Å². The van der Waals surface area contributed by atoms with Crippen LogP contribution in [0.15, 0.2) is 16.6 Å². The Morgan fingerprint density at radius 1 is 1.36 bits per heavy atom. The quantitative estimate of drug-likeness (QED) is 0.608. The SMILES string of the molecule is CC#Cc1c(-c2csc(C3CCCCC3)n2)c[nH]c1N=CC. The first-order chi connectivity index (χ1) is 10.8. The molecule has 114 valence electrons. The summed E-state index contributed by atoms with van der Waals surface area (Å²) in [7, 11) is 0. The third-order valence-corrected chi connectivity index (χ3v) is 5.13. The van der Waals surface area contributed by atoms with Gasteiger partial charge in [-0.25, -0.2) is 9.98 Å². The van der Waals surface area contributed by atoms with Gasteiger partial charge in [0.2, 0.25) is 0 Å². The molecule has 1 N–H and O–H groups in total. The molecule has 0 spiro atoms. The molecule has 4 heteroatoms. The topological polar surface area (TPSA) is 41.0 Å². The second-order valence-corrected chi connectivity index (χ2v) is 6.48. The summed E-state index contributed by atoms with van der Waals surface area (Å²) in [6.07, 6.45) is 10.4. The number of aliphatic imine (C=N–C) groups is 1. The van der Waals surface area contributed by atoms with E-state index in [1.165, 1.54) is 37.1 Å². The highest BCUT2D eigenvalue weighted by atomic mass is 32.1. The van der Waals surface area contributed by atoms with Gasteiger partial charge in [0.25, 0.3) is 0 Å². The van der Waals surface area contributed by atoms with E-state index in [4.69, 9.17) is 4.98 Å². The maximum Gasteiger partial charge on any atom is 0.146 e. The summed E-state index contributed by atoms with van der Waals surface area (Å²) >= 11 is 1.79. The number of rotatable bonds is 3. The summed E-state index contributed by atoms with van der Waals surface area (Å²) in [5.41, 5.74) is 3.03. The van der Waals surface area contributed by atoms with Crippen molar-refractivity contribution in [2.24, 2.45) is 4.99 Å². The highest BCUT2D eigenvalue weighted by molar-refractivity contribution is 7.10. The zero-order valence-electron chi connectivity index (χ0n) is 13.1. The van der Waals surface area contributed by atoms with Crippen LogP contribution in [0.2, 0.25) is 0 Å². The highest BCUT2D eigenvalue weighted by Crippen LogP contribution is 2.37. The molecule has 22 heavy (non-hydrogen) atoms. The Morgan fingerprint density at radius 3 is 2.91 bits per heavy atom. The molecule has 1 aliphatic carbocycles. The van der Waals surface area contributed by atoms with E-state index in [-0.39, 0.29) is 0 Å². The molecular weight excluding hydrogens is 290 g/mol. The minimum absolute atomic E-state index is 0.653. The predicted octanol–water partition coefficient (Wildman–Crippen LogP) is 5.28. The van der Waals surface area contributed by atoms with Gasteiger partial charge in [-0.3, -0.25) is 0 Å². The molecule has 2 aromatic heterocycles. The largest absolute Gasteiger partial charge is 0.345 e. The number of thiazole rings is 1. The van der Waals surface area contributed by atoms with E-state index >= 15 is 0 Å². The van der Waals surface area contributed by atoms with Crippen LogP contribution < -0.4 is 0 Å². The molecule has 0 aromatic carbocycles. The van der Waals surface area contributed by atoms with Crippen molar-refractivity contribution in [2.45, 2.75) is 51.9 Å². The minimum Gasteiger partial charge on any atom is -0.345 e. The Morgan fingerprint density at radius 2 is 2.18 bits per heavy atom. The monoisotopic (exact) mass is 311 g/mol. The Labute approximate surface area is 135 Å². The van der Waals surface area contributed by atoms with Crippen LogP contribution in [0.25, 0.3) is 11.3 Å². The van der Waals surface area contributed by atoms with Crippen LogP contribution in [0.5, 0.6) is 0 Å². The van der Waals surface area contributed by atoms with E-state index in [0.717, 1.165) is 22.6 Å². The first-order valence-electron chi connectivity index (χ1n) is 7.92. The van der Waals surface area contributed by atoms with Gasteiger partial charge in [0, 0.05) is 29.3 Å². The molecule has 0 radical (unpaired) electrons. The van der Waals surface area contributed by atoms with Crippen LogP contribution in [0.1, 0.15) is 62.4 Å². The maximum absolute atomic E-state index is 4.90. The number of hydrogen-bond donors (Lipinski definition) is 1. The van der Waals surface area contributed by atoms with E-state index in [9.17, 15) is 0 Å². The molecule has 2 aromatic rings. The Hall–Kier alpha value is -1.86. The van der Waals surface area contributed by atoms with Crippen LogP contribution in [-0.4, -0.2) is 16.2 Å². The lowest BCUT2D eigenvalue weighted by molar-refractivity contribution is 0.442. The van der Waals surface area contributed by atoms with Crippen molar-refractivity contribution in [2.75, 3.05) is 0 Å². The minimum atomic E-state index is 0.653. The fourth-order valence-corrected chi connectivity index (χ4v) is 4.04. The molecule has 2 heterocycles. The lowest BCUT2D eigenvalue weighted by atomic mass is 9.90. The van der Waals surface area contributed by atoms with Crippen LogP contribution in [-0.2, 0) is 0 Å². The van der Waals surface area contributed by atoms with Gasteiger partial charge in [0.05, 0.1) is 16.3 Å². The third kappa shape index (κ3) is 3.00. The molecule has 0 atom stereocenters. The summed E-state index contributed by atoms with van der Waals surface area (Å²) in [5.74, 6) is 7.62. The fraction of sp³-hybridized carbons (Fsp3) is 0.444. The Bertz CT molecular complexity index is 721. The molecule has 3 nitrogen and oxygen atoms in total. The van der Waals surface area contributed by atoms with Gasteiger partial charge in [0.15, 0.2) is 0 Å². The standard InChI is InChI=1S/C18H21N3S/c1-3-8-14-15(11-20-17(14)19-4-2)16-12-22-18(21-16)13-9-6-5-7-10-13/h4,11-13,20H,5-7,9-10H2,1-2H3. The Kier molecular flexibility index (Phi) is 4.74. The van der Waals surface area contributed by atoms with Gasteiger partial charge in [-0.05, 0) is 26.7 Å². The maximum atomic E-state index is 4.90. The van der Waals surface area contributed by atoms with Crippen molar-refractivity contribution in [1.82, 2.24) is 9.97 Å². The second kappa shape index (κ2) is 6.93. The number of H-pyrrole nitrogens is 1. The summed E-state index contributed by atoms with van der Waals surface area (Å²) in [4.78, 5) is 12.5. The van der Waals surface area contributed by atoms with Gasteiger partial charge >= 0.3 is 0 Å². The number of aromatic amines is 1. The van der Waals surface area contributed by atoms with Crippen molar-refractivity contribution in [1.29, 1.82) is 0 Å². The van der Waals surface area contributed by atoms with Gasteiger partial charge in [-0.15, -0.1) is 17.3 Å². The van der Waals surface area contributed by atoms with Crippen molar-refractivity contribution in [3.8, 4) is 23.1 Å². The molecule has 0 aliphatic heterocycles. The molecule has 0 saturated heterocycles. The first-order valence-corrected chi connectivity index (χ1v) is 8.80. The van der Waals surface area contributed by atoms with Crippen LogP contribution >= 0.6 is 11.3 Å². The number of nitrogens with one attached hydrogen (secondary N) is 1. The summed E-state index contributed by atoms with van der Waals surface area (Å²) in [6.45, 7) is 3.76. The van der Waals surface area contributed by atoms with Crippen molar-refractivity contribution in [3.05, 3.63) is 22.1 Å². The van der Waals surface area contributed by atoms with E-state index in [1.807, 2.05) is 20.0 Å². The van der Waals surface area contributed by atoms with E-state index in [0.29, 0.717) is 5.92 Å². The Balaban J connectivity index is 1.94. The van der Waals surface area contributed by atoms with Crippen LogP contribution in [0, 0.1) is 11.8 Å². The average Bonchev–Trinajstić information content (AvgIpc) is 3.17. The normalized spacial score (nSPS) is 15.9. The van der Waals surface area contributed by atoms with Crippen molar-refractivity contribution in [3.63, 3.8) is 0 Å². The van der Waals surface area contributed by atoms with E-state index < -0.39 is 0 Å². The smallest absolute Gasteiger partial charge is 0.146 e. The van der Waals surface area contributed by atoms with Crippen molar-refractivity contribution >= 4 is 23.4 Å². The van der Waals surface area contributed by atoms with Crippen LogP contribution in [0.3, 0.4) is 0 Å². The lowest BCUT2D eigenvalue weighted by Crippen LogP contribution is -2.03. The molecule has 0 amide bonds. The summed E-state index contributed by atoms with van der Waals surface area (Å²) < 4.78 is 0. The van der Waals surface area contributed by atoms with Gasteiger partial charge < -0.3 is 4.98 Å². The first kappa shape index (κ1) is 15.1. The number of hydrogen-bond acceptors (Lipinski definition) is 3. The summed E-state index contributed by atoms with van der Waals surface area (Å²) in [5, 5.41) is 3.44. The third-order valence-electron chi connectivity index (χ3n) is 4.12. The molecule has 1 aliphatic rings. The van der Waals surface area contributed by atoms with Gasteiger partial charge in [-0.2, -0.15) is 0 Å². The zero-order valence-corrected chi connectivity index (χ0v) is 14.0. The van der Waals surface area contributed by atoms with Gasteiger partial charge in [-0.1, -0.05) is 25.2 Å². The van der Waals surface area contributed by atoms with Gasteiger partial charge in [0.1, 0.15) is 5.82 Å². The number of aromatic nitrogens is 2. The molecular formula is C18H21N3S. The number of nitrogens with zero attached hydrogens (tertiary/aromatic N) is 2. The predicted molar refractivity (Wildman–Crippen MR) is 94.1 cm³/mol. The second-order valence-electron chi connectivity index (χ2n) is 5.59. The fourth-order valence-electron chi connectivity index (χ4n) is 3.05. The molecule has 1 saturated carbocycles. The van der Waals surface area contributed by atoms with E-state index in [2.05, 4.69) is 27.2 Å². The average molecular weight is 311 g/mol. The molecule has 1 fully saturated rings. The van der Waals surface area contributed by atoms with Crippen LogP contribution in [0.4, 0.5) is 5.82 Å². The summed E-state index contributed by atoms with van der Waals surface area (Å²) in [6, 6.07) is 0. The zero-order chi connectivity index (χ0) is 15.4. The molecule has 0 bridgehead atoms. The lowest BCUT2D eigenvalue weighted by Gasteiger charge is -2.18. The molecule has 3 rings (SSSR count). The van der Waals surface area contributed by atoms with E-state index in [1.54, 1.807) is 17.6 Å². The highest BCUT2D eigenvalue weighted by Gasteiger charge is 2.20.